The molecular weight excluding hydrogens is 362 g/mol. The number of anilines is 1. The smallest absolute Gasteiger partial charge is 0.255 e. The van der Waals surface area contributed by atoms with Crippen molar-refractivity contribution < 1.29 is 9.00 Å². The van der Waals surface area contributed by atoms with Crippen LogP contribution in [0.3, 0.4) is 0 Å². The molecule has 0 unspecified atom stereocenters. The molecule has 0 aliphatic heterocycles. The fourth-order valence-electron chi connectivity index (χ4n) is 1.92. The minimum Gasteiger partial charge on any atom is -0.322 e. The zero-order valence-electron chi connectivity index (χ0n) is 12.6. The summed E-state index contributed by atoms with van der Waals surface area (Å²) in [6.07, 6.45) is 1.61. The Labute approximate surface area is 150 Å². The van der Waals surface area contributed by atoms with E-state index in [1.807, 2.05) is 24.3 Å². The second-order valence-electron chi connectivity index (χ2n) is 4.76. The molecule has 0 fully saturated rings. The number of nitrogens with one attached hydrogen (secondary N) is 1. The quantitative estimate of drug-likeness (QED) is 0.736. The van der Waals surface area contributed by atoms with E-state index in [4.69, 9.17) is 0 Å². The van der Waals surface area contributed by atoms with E-state index in [-0.39, 0.29) is 5.91 Å². The lowest BCUT2D eigenvalue weighted by Gasteiger charge is -2.06. The van der Waals surface area contributed by atoms with Gasteiger partial charge in [-0.1, -0.05) is 23.1 Å². The molecule has 0 saturated carbocycles. The highest BCUT2D eigenvalue weighted by Crippen LogP contribution is 2.29. The highest BCUT2D eigenvalue weighted by Gasteiger charge is 2.07. The van der Waals surface area contributed by atoms with Crippen LogP contribution in [0.2, 0.25) is 0 Å². The van der Waals surface area contributed by atoms with Crippen LogP contribution >= 0.6 is 23.1 Å². The molecule has 1 heterocycles. The number of aromatic nitrogens is 2. The molecule has 122 valence electrons. The maximum atomic E-state index is 12.2. The largest absolute Gasteiger partial charge is 0.322 e. The summed E-state index contributed by atoms with van der Waals surface area (Å²) in [7, 11) is -1.05. The second kappa shape index (κ2) is 7.69. The molecule has 0 radical (unpaired) electrons. The summed E-state index contributed by atoms with van der Waals surface area (Å²) in [6.45, 7) is 0. The molecule has 0 spiro atoms. The van der Waals surface area contributed by atoms with Gasteiger partial charge >= 0.3 is 0 Å². The zero-order valence-corrected chi connectivity index (χ0v) is 15.1. The summed E-state index contributed by atoms with van der Waals surface area (Å²) in [5.41, 5.74) is 2.93. The Kier molecular flexibility index (Phi) is 5.39. The SMILES string of the molecule is C[S@@](=O)c1ccc(C(=O)Nc2ccc(Sc3nncs3)cc2)cc1. The number of amides is 1. The van der Waals surface area contributed by atoms with Gasteiger partial charge in [-0.25, -0.2) is 0 Å². The van der Waals surface area contributed by atoms with Crippen LogP contribution in [0.25, 0.3) is 0 Å². The van der Waals surface area contributed by atoms with Gasteiger partial charge in [0.2, 0.25) is 0 Å². The van der Waals surface area contributed by atoms with Crippen LogP contribution in [-0.2, 0) is 10.8 Å². The monoisotopic (exact) mass is 375 g/mol. The topological polar surface area (TPSA) is 72.0 Å². The first-order valence-corrected chi connectivity index (χ1v) is 10.2. The van der Waals surface area contributed by atoms with Crippen molar-refractivity contribution in [1.29, 1.82) is 0 Å². The van der Waals surface area contributed by atoms with E-state index in [1.165, 1.54) is 23.1 Å². The van der Waals surface area contributed by atoms with Gasteiger partial charge in [0.15, 0.2) is 4.34 Å². The molecule has 24 heavy (non-hydrogen) atoms. The maximum Gasteiger partial charge on any atom is 0.255 e. The number of benzene rings is 2. The van der Waals surface area contributed by atoms with E-state index in [0.29, 0.717) is 16.1 Å². The third-order valence-electron chi connectivity index (χ3n) is 3.11. The number of rotatable bonds is 5. The Morgan fingerprint density at radius 1 is 1.12 bits per heavy atom. The van der Waals surface area contributed by atoms with Crippen molar-refractivity contribution >= 4 is 45.5 Å². The summed E-state index contributed by atoms with van der Waals surface area (Å²) >= 11 is 3.01. The number of hydrogen-bond donors (Lipinski definition) is 1. The Morgan fingerprint density at radius 3 is 2.42 bits per heavy atom. The average molecular weight is 376 g/mol. The molecule has 8 heteroatoms. The Balaban J connectivity index is 1.64. The molecule has 1 N–H and O–H groups in total. The van der Waals surface area contributed by atoms with Crippen molar-refractivity contribution in [2.75, 3.05) is 11.6 Å². The molecule has 2 aromatic carbocycles. The van der Waals surface area contributed by atoms with Gasteiger partial charge in [-0.05, 0) is 48.5 Å². The fraction of sp³-hybridized carbons (Fsp3) is 0.0625. The molecule has 3 aromatic rings. The highest BCUT2D eigenvalue weighted by atomic mass is 32.2. The van der Waals surface area contributed by atoms with Crippen LogP contribution in [0, 0.1) is 0 Å². The molecule has 1 aromatic heterocycles. The third-order valence-corrected chi connectivity index (χ3v) is 5.83. The third kappa shape index (κ3) is 4.28. The van der Waals surface area contributed by atoms with Gasteiger partial charge in [0, 0.05) is 38.1 Å². The number of nitrogens with zero attached hydrogens (tertiary/aromatic N) is 2. The molecule has 0 bridgehead atoms. The summed E-state index contributed by atoms with van der Waals surface area (Å²) in [6, 6.07) is 14.3. The van der Waals surface area contributed by atoms with Gasteiger partial charge in [-0.3, -0.25) is 9.00 Å². The Hall–Kier alpha value is -2.03. The second-order valence-corrected chi connectivity index (χ2v) is 8.30. The Bertz CT molecular complexity index is 847. The van der Waals surface area contributed by atoms with Gasteiger partial charge in [-0.2, -0.15) is 0 Å². The molecular formula is C16H13N3O2S3. The first-order valence-electron chi connectivity index (χ1n) is 6.91. The molecule has 0 aliphatic rings. The highest BCUT2D eigenvalue weighted by molar-refractivity contribution is 8.01. The molecule has 0 saturated heterocycles. The molecule has 5 nitrogen and oxygen atoms in total. The summed E-state index contributed by atoms with van der Waals surface area (Å²) in [5.74, 6) is -0.201. The molecule has 1 amide bonds. The lowest BCUT2D eigenvalue weighted by Crippen LogP contribution is -2.11. The lowest BCUT2D eigenvalue weighted by molar-refractivity contribution is 0.102. The van der Waals surface area contributed by atoms with E-state index < -0.39 is 10.8 Å². The molecule has 0 aliphatic carbocycles. The van der Waals surface area contributed by atoms with Crippen LogP contribution < -0.4 is 5.32 Å². The van der Waals surface area contributed by atoms with E-state index >= 15 is 0 Å². The van der Waals surface area contributed by atoms with Crippen molar-refractivity contribution in [2.45, 2.75) is 14.1 Å². The van der Waals surface area contributed by atoms with Crippen LogP contribution in [0.4, 0.5) is 5.69 Å². The number of carbonyl (C=O) groups excluding carboxylic acids is 1. The van der Waals surface area contributed by atoms with Gasteiger partial charge in [-0.15, -0.1) is 10.2 Å². The average Bonchev–Trinajstić information content (AvgIpc) is 3.09. The summed E-state index contributed by atoms with van der Waals surface area (Å²) in [4.78, 5) is 14.0. The van der Waals surface area contributed by atoms with Crippen molar-refractivity contribution in [3.63, 3.8) is 0 Å². The van der Waals surface area contributed by atoms with Gasteiger partial charge in [0.1, 0.15) is 5.51 Å². The lowest BCUT2D eigenvalue weighted by atomic mass is 10.2. The maximum absolute atomic E-state index is 12.2. The van der Waals surface area contributed by atoms with E-state index in [0.717, 1.165) is 9.24 Å². The van der Waals surface area contributed by atoms with Crippen molar-refractivity contribution in [3.8, 4) is 0 Å². The number of carbonyl (C=O) groups is 1. The van der Waals surface area contributed by atoms with E-state index in [2.05, 4.69) is 15.5 Å². The fourth-order valence-corrected chi connectivity index (χ4v) is 3.89. The molecule has 1 atom stereocenters. The predicted molar refractivity (Wildman–Crippen MR) is 97.2 cm³/mol. The molecule has 3 rings (SSSR count). The van der Waals surface area contributed by atoms with Crippen molar-refractivity contribution in [3.05, 3.63) is 59.6 Å². The first kappa shape index (κ1) is 16.8. The minimum absolute atomic E-state index is 0.201. The minimum atomic E-state index is -1.05. The Morgan fingerprint density at radius 2 is 1.83 bits per heavy atom. The van der Waals surface area contributed by atoms with Crippen molar-refractivity contribution in [2.24, 2.45) is 0 Å². The zero-order chi connectivity index (χ0) is 16.9. The van der Waals surface area contributed by atoms with Gasteiger partial charge in [0.05, 0.1) is 0 Å². The van der Waals surface area contributed by atoms with Crippen LogP contribution in [-0.4, -0.2) is 26.6 Å². The normalized spacial score (nSPS) is 11.9. The number of hydrogen-bond acceptors (Lipinski definition) is 6. The van der Waals surface area contributed by atoms with Crippen LogP contribution in [0.15, 0.2) is 68.2 Å². The van der Waals surface area contributed by atoms with Crippen LogP contribution in [0.1, 0.15) is 10.4 Å². The van der Waals surface area contributed by atoms with Gasteiger partial charge in [0.25, 0.3) is 5.91 Å². The summed E-state index contributed by atoms with van der Waals surface area (Å²) in [5, 5.41) is 10.6. The van der Waals surface area contributed by atoms with Crippen LogP contribution in [0.5, 0.6) is 0 Å². The van der Waals surface area contributed by atoms with E-state index in [9.17, 15) is 9.00 Å². The summed E-state index contributed by atoms with van der Waals surface area (Å²) < 4.78 is 12.2. The standard InChI is InChI=1S/C16H13N3O2S3/c1-24(21)14-8-2-11(3-9-14)15(20)18-12-4-6-13(7-5-12)23-16-19-17-10-22-16/h2-10H,1H3,(H,18,20)/t24-/m1/s1. The van der Waals surface area contributed by atoms with Gasteiger partial charge < -0.3 is 5.32 Å². The first-order chi connectivity index (χ1) is 11.6. The van der Waals surface area contributed by atoms with E-state index in [1.54, 1.807) is 36.0 Å². The van der Waals surface area contributed by atoms with Crippen molar-refractivity contribution in [1.82, 2.24) is 10.2 Å². The predicted octanol–water partition coefficient (Wildman–Crippen LogP) is 3.68.